The van der Waals surface area contributed by atoms with Crippen LogP contribution >= 0.6 is 11.3 Å². The number of rotatable bonds is 4. The second-order valence-corrected chi connectivity index (χ2v) is 6.39. The van der Waals surface area contributed by atoms with E-state index >= 15 is 0 Å². The summed E-state index contributed by atoms with van der Waals surface area (Å²) in [7, 11) is -2.12. The van der Waals surface area contributed by atoms with E-state index < -0.39 is 10.0 Å². The molecular formula is C11H11N5O2S2. The third-order valence-corrected chi connectivity index (χ3v) is 4.78. The maximum atomic E-state index is 12.5. The molecule has 0 radical (unpaired) electrons. The Hall–Kier alpha value is -2.13. The topological polar surface area (TPSA) is 88.4 Å². The van der Waals surface area contributed by atoms with E-state index in [1.807, 2.05) is 0 Å². The number of anilines is 2. The van der Waals surface area contributed by atoms with Crippen LogP contribution in [-0.2, 0) is 10.0 Å². The molecule has 3 aromatic rings. The van der Waals surface area contributed by atoms with Crippen LogP contribution in [-0.4, -0.2) is 29.8 Å². The molecule has 104 valence electrons. The number of fused-ring (bicyclic) bond motifs is 1. The summed E-state index contributed by atoms with van der Waals surface area (Å²) in [5, 5.41) is 4.67. The van der Waals surface area contributed by atoms with Crippen molar-refractivity contribution in [3.05, 3.63) is 36.1 Å². The normalized spacial score (nSPS) is 11.7. The molecule has 0 spiro atoms. The first-order chi connectivity index (χ1) is 9.62. The Balaban J connectivity index is 2.11. The highest BCUT2D eigenvalue weighted by Gasteiger charge is 2.25. The van der Waals surface area contributed by atoms with Crippen LogP contribution in [0.4, 0.5) is 11.5 Å². The van der Waals surface area contributed by atoms with Crippen LogP contribution in [0.1, 0.15) is 0 Å². The molecule has 9 heteroatoms. The van der Waals surface area contributed by atoms with E-state index in [1.54, 1.807) is 37.0 Å². The summed E-state index contributed by atoms with van der Waals surface area (Å²) < 4.78 is 29.1. The highest BCUT2D eigenvalue weighted by atomic mass is 32.2. The summed E-state index contributed by atoms with van der Waals surface area (Å²) in [4.78, 5) is 8.73. The van der Waals surface area contributed by atoms with Crippen molar-refractivity contribution in [2.45, 2.75) is 5.03 Å². The van der Waals surface area contributed by atoms with Gasteiger partial charge in [-0.2, -0.15) is 8.42 Å². The highest BCUT2D eigenvalue weighted by Crippen LogP contribution is 2.26. The van der Waals surface area contributed by atoms with Crippen molar-refractivity contribution < 1.29 is 8.42 Å². The minimum absolute atomic E-state index is 0.0834. The number of pyridine rings is 1. The number of nitrogens with one attached hydrogen (secondary N) is 2. The number of sulfonamides is 1. The lowest BCUT2D eigenvalue weighted by atomic mass is 10.4. The van der Waals surface area contributed by atoms with Gasteiger partial charge in [-0.3, -0.25) is 14.1 Å². The molecule has 0 fully saturated rings. The van der Waals surface area contributed by atoms with Crippen LogP contribution < -0.4 is 10.0 Å². The number of hydrogen-bond donors (Lipinski definition) is 2. The summed E-state index contributed by atoms with van der Waals surface area (Å²) in [6.07, 6.45) is 4.70. The van der Waals surface area contributed by atoms with E-state index in [-0.39, 0.29) is 5.03 Å². The van der Waals surface area contributed by atoms with Crippen molar-refractivity contribution in [1.82, 2.24) is 14.4 Å². The Kier molecular flexibility index (Phi) is 3.07. The Morgan fingerprint density at radius 3 is 2.95 bits per heavy atom. The molecule has 0 atom stereocenters. The molecule has 3 heterocycles. The lowest BCUT2D eigenvalue weighted by Gasteiger charge is -2.08. The van der Waals surface area contributed by atoms with Gasteiger partial charge in [0.15, 0.2) is 10.8 Å². The Labute approximate surface area is 119 Å². The van der Waals surface area contributed by atoms with Crippen molar-refractivity contribution in [3.8, 4) is 0 Å². The first kappa shape index (κ1) is 12.9. The van der Waals surface area contributed by atoms with Crippen molar-refractivity contribution in [2.24, 2.45) is 0 Å². The predicted molar refractivity (Wildman–Crippen MR) is 77.7 cm³/mol. The molecule has 0 saturated heterocycles. The zero-order valence-corrected chi connectivity index (χ0v) is 12.1. The average molecular weight is 309 g/mol. The first-order valence-electron chi connectivity index (χ1n) is 5.68. The minimum Gasteiger partial charge on any atom is -0.371 e. The third kappa shape index (κ3) is 2.10. The van der Waals surface area contributed by atoms with E-state index in [4.69, 9.17) is 0 Å². The van der Waals surface area contributed by atoms with E-state index in [9.17, 15) is 8.42 Å². The van der Waals surface area contributed by atoms with Gasteiger partial charge >= 0.3 is 0 Å². The average Bonchev–Trinajstić information content (AvgIpc) is 2.98. The molecule has 0 aliphatic heterocycles. The highest BCUT2D eigenvalue weighted by molar-refractivity contribution is 7.92. The lowest BCUT2D eigenvalue weighted by molar-refractivity contribution is 0.597. The van der Waals surface area contributed by atoms with Gasteiger partial charge in [0.25, 0.3) is 10.0 Å². The maximum absolute atomic E-state index is 12.5. The molecule has 0 aromatic carbocycles. The molecule has 3 rings (SSSR count). The van der Waals surface area contributed by atoms with Gasteiger partial charge in [0.1, 0.15) is 0 Å². The molecule has 3 aromatic heterocycles. The molecule has 0 unspecified atom stereocenters. The summed E-state index contributed by atoms with van der Waals surface area (Å²) in [5.41, 5.74) is 0.403. The van der Waals surface area contributed by atoms with Gasteiger partial charge in [0.05, 0.1) is 11.9 Å². The van der Waals surface area contributed by atoms with Gasteiger partial charge in [-0.15, -0.1) is 11.3 Å². The van der Waals surface area contributed by atoms with Crippen LogP contribution in [0.15, 0.2) is 41.1 Å². The molecule has 0 aliphatic carbocycles. The van der Waals surface area contributed by atoms with Crippen LogP contribution in [0.5, 0.6) is 0 Å². The molecule has 20 heavy (non-hydrogen) atoms. The largest absolute Gasteiger partial charge is 0.371 e. The Morgan fingerprint density at radius 2 is 2.25 bits per heavy atom. The molecule has 0 aliphatic rings. The fourth-order valence-corrected chi connectivity index (χ4v) is 3.92. The van der Waals surface area contributed by atoms with Crippen LogP contribution in [0, 0.1) is 0 Å². The van der Waals surface area contributed by atoms with Crippen LogP contribution in [0.25, 0.3) is 4.96 Å². The van der Waals surface area contributed by atoms with E-state index in [0.29, 0.717) is 16.5 Å². The van der Waals surface area contributed by atoms with Crippen molar-refractivity contribution >= 4 is 37.8 Å². The zero-order valence-electron chi connectivity index (χ0n) is 10.4. The molecular weight excluding hydrogens is 298 g/mol. The Bertz CT molecular complexity index is 838. The number of aromatic nitrogens is 3. The molecule has 0 saturated carbocycles. The maximum Gasteiger partial charge on any atom is 0.281 e. The summed E-state index contributed by atoms with van der Waals surface area (Å²) >= 11 is 1.37. The van der Waals surface area contributed by atoms with Crippen molar-refractivity contribution in [3.63, 3.8) is 0 Å². The fourth-order valence-electron chi connectivity index (χ4n) is 1.81. The smallest absolute Gasteiger partial charge is 0.281 e. The second kappa shape index (κ2) is 4.76. The van der Waals surface area contributed by atoms with Gasteiger partial charge in [-0.05, 0) is 12.1 Å². The molecule has 0 bridgehead atoms. The van der Waals surface area contributed by atoms with E-state index in [1.165, 1.54) is 21.9 Å². The zero-order chi connectivity index (χ0) is 14.2. The summed E-state index contributed by atoms with van der Waals surface area (Å²) in [6, 6.07) is 3.29. The quantitative estimate of drug-likeness (QED) is 0.765. The number of thiazole rings is 1. The standard InChI is InChI=1S/C11H11N5O2S2/c1-12-9-10(16-5-6-19-11(16)14-9)20(17,18)15-8-3-2-4-13-7-8/h2-7,12,15H,1H3. The van der Waals surface area contributed by atoms with Gasteiger partial charge in [0, 0.05) is 24.8 Å². The van der Waals surface area contributed by atoms with Gasteiger partial charge < -0.3 is 5.32 Å². The van der Waals surface area contributed by atoms with Gasteiger partial charge in [0.2, 0.25) is 5.03 Å². The molecule has 2 N–H and O–H groups in total. The molecule has 0 amide bonds. The third-order valence-electron chi connectivity index (χ3n) is 2.62. The summed E-state index contributed by atoms with van der Waals surface area (Å²) in [6.45, 7) is 0. The fraction of sp³-hybridized carbons (Fsp3) is 0.0909. The van der Waals surface area contributed by atoms with Crippen LogP contribution in [0.3, 0.4) is 0 Å². The predicted octanol–water partition coefficient (Wildman–Crippen LogP) is 1.63. The monoisotopic (exact) mass is 309 g/mol. The molecule has 7 nitrogen and oxygen atoms in total. The number of nitrogens with zero attached hydrogens (tertiary/aromatic N) is 3. The lowest BCUT2D eigenvalue weighted by Crippen LogP contribution is -2.16. The van der Waals surface area contributed by atoms with Gasteiger partial charge in [-0.1, -0.05) is 0 Å². The number of hydrogen-bond acceptors (Lipinski definition) is 6. The minimum atomic E-state index is -3.75. The SMILES string of the molecule is CNc1nc2sccn2c1S(=O)(=O)Nc1cccnc1. The van der Waals surface area contributed by atoms with E-state index in [0.717, 1.165) is 0 Å². The van der Waals surface area contributed by atoms with E-state index in [2.05, 4.69) is 20.0 Å². The first-order valence-corrected chi connectivity index (χ1v) is 8.04. The number of imidazole rings is 1. The van der Waals surface area contributed by atoms with Crippen molar-refractivity contribution in [2.75, 3.05) is 17.1 Å². The van der Waals surface area contributed by atoms with Gasteiger partial charge in [-0.25, -0.2) is 4.98 Å². The van der Waals surface area contributed by atoms with Crippen LogP contribution in [0.2, 0.25) is 0 Å². The summed E-state index contributed by atoms with van der Waals surface area (Å²) in [5.74, 6) is 0.313. The Morgan fingerprint density at radius 1 is 1.40 bits per heavy atom. The second-order valence-electron chi connectivity index (χ2n) is 3.92. The van der Waals surface area contributed by atoms with Crippen molar-refractivity contribution in [1.29, 1.82) is 0 Å².